The lowest BCUT2D eigenvalue weighted by Crippen LogP contribution is -2.29. The predicted molar refractivity (Wildman–Crippen MR) is 114 cm³/mol. The third-order valence-corrected chi connectivity index (χ3v) is 6.67. The Hall–Kier alpha value is -3.31. The van der Waals surface area contributed by atoms with E-state index in [-0.39, 0.29) is 32.4 Å². The molecule has 1 aliphatic heterocycles. The van der Waals surface area contributed by atoms with Crippen LogP contribution in [0.15, 0.2) is 53.7 Å². The summed E-state index contributed by atoms with van der Waals surface area (Å²) in [6.07, 6.45) is -1.75. The van der Waals surface area contributed by atoms with Crippen LogP contribution in [0.1, 0.15) is 26.3 Å². The Bertz CT molecular complexity index is 1370. The van der Waals surface area contributed by atoms with Crippen molar-refractivity contribution in [3.05, 3.63) is 70.5 Å². The van der Waals surface area contributed by atoms with Gasteiger partial charge in [0.2, 0.25) is 0 Å². The second kappa shape index (κ2) is 7.38. The fraction of sp³-hybridized carbons (Fsp3) is 0.100. The number of hydrogen-bond donors (Lipinski definition) is 1. The zero-order valence-corrected chi connectivity index (χ0v) is 17.9. The highest BCUT2D eigenvalue weighted by Crippen LogP contribution is 2.38. The molecule has 4 rings (SSSR count). The van der Waals surface area contributed by atoms with Crippen molar-refractivity contribution in [1.29, 1.82) is 0 Å². The highest BCUT2D eigenvalue weighted by molar-refractivity contribution is 8.01. The summed E-state index contributed by atoms with van der Waals surface area (Å²) in [5.41, 5.74) is -0.882. The van der Waals surface area contributed by atoms with E-state index in [0.717, 1.165) is 29.2 Å². The number of aryl methyl sites for hydroxylation is 1. The van der Waals surface area contributed by atoms with E-state index in [1.807, 2.05) is 0 Å². The highest BCUT2D eigenvalue weighted by Gasteiger charge is 2.41. The Morgan fingerprint density at radius 2 is 1.69 bits per heavy atom. The molecule has 2 aromatic carbocycles. The van der Waals surface area contributed by atoms with Crippen molar-refractivity contribution >= 4 is 50.4 Å². The second-order valence-corrected chi connectivity index (χ2v) is 9.40. The van der Waals surface area contributed by atoms with Gasteiger partial charge in [-0.3, -0.25) is 14.3 Å². The summed E-state index contributed by atoms with van der Waals surface area (Å²) in [6, 6.07) is 6.35. The lowest BCUT2D eigenvalue weighted by Gasteiger charge is -2.16. The number of imide groups is 1. The first-order chi connectivity index (χ1) is 14.9. The fourth-order valence-electron chi connectivity index (χ4n) is 3.27. The summed E-state index contributed by atoms with van der Waals surface area (Å²) in [5.74, 6) is 2.18. The molecule has 1 aromatic heterocycles. The van der Waals surface area contributed by atoms with Gasteiger partial charge in [0, 0.05) is 18.1 Å². The van der Waals surface area contributed by atoms with Crippen molar-refractivity contribution in [3.63, 3.8) is 0 Å². The van der Waals surface area contributed by atoms with E-state index in [2.05, 4.69) is 15.7 Å². The summed E-state index contributed by atoms with van der Waals surface area (Å²) in [4.78, 5) is 26.9. The van der Waals surface area contributed by atoms with Crippen molar-refractivity contribution in [2.45, 2.75) is 11.1 Å². The molecule has 0 saturated heterocycles. The molecule has 1 N–H and O–H groups in total. The molecule has 0 bridgehead atoms. The van der Waals surface area contributed by atoms with Crippen molar-refractivity contribution in [1.82, 2.24) is 9.78 Å². The van der Waals surface area contributed by atoms with Gasteiger partial charge in [0.25, 0.3) is 11.8 Å². The summed E-state index contributed by atoms with van der Waals surface area (Å²) in [5, 5.41) is 3.96. The standard InChI is InChI=1S/C20H14ClF3N4O3S/c1-27-10-12(9-25-27)28-18(29)16-14(21)7-8-15(17(16)19(28)30)26-32(2,31)13-5-3-11(4-6-13)20(22,23)24/h3-10H,2H2,1H3,(H,26,31). The van der Waals surface area contributed by atoms with Crippen LogP contribution in [0.4, 0.5) is 24.5 Å². The molecule has 32 heavy (non-hydrogen) atoms. The number of benzene rings is 2. The molecule has 0 aliphatic carbocycles. The maximum atomic E-state index is 13.2. The summed E-state index contributed by atoms with van der Waals surface area (Å²) in [6.45, 7) is 0. The first kappa shape index (κ1) is 21.9. The zero-order chi connectivity index (χ0) is 23.4. The third-order valence-electron chi connectivity index (χ3n) is 4.78. The maximum absolute atomic E-state index is 13.2. The number of anilines is 2. The van der Waals surface area contributed by atoms with Gasteiger partial charge in [-0.15, -0.1) is 0 Å². The van der Waals surface area contributed by atoms with Crippen molar-refractivity contribution < 1.29 is 27.0 Å². The topological polar surface area (TPSA) is 84.3 Å². The van der Waals surface area contributed by atoms with Gasteiger partial charge in [-0.05, 0) is 42.3 Å². The molecule has 3 aromatic rings. The molecule has 0 spiro atoms. The largest absolute Gasteiger partial charge is 0.416 e. The SMILES string of the molecule is C=S(=O)(Nc1ccc(Cl)c2c1C(=O)N(c1cnn(C)c1)C2=O)c1ccc(C(F)(F)F)cc1. The average molecular weight is 483 g/mol. The Morgan fingerprint density at radius 1 is 1.06 bits per heavy atom. The Labute approximate surface area is 185 Å². The van der Waals surface area contributed by atoms with E-state index >= 15 is 0 Å². The minimum absolute atomic E-state index is 0.00837. The second-order valence-electron chi connectivity index (χ2n) is 6.96. The fourth-order valence-corrected chi connectivity index (χ4v) is 4.73. The lowest BCUT2D eigenvalue weighted by atomic mass is 10.1. The number of alkyl halides is 3. The molecule has 1 atom stereocenters. The Morgan fingerprint density at radius 3 is 2.25 bits per heavy atom. The minimum Gasteiger partial charge on any atom is -0.308 e. The van der Waals surface area contributed by atoms with Gasteiger partial charge in [-0.2, -0.15) is 18.3 Å². The van der Waals surface area contributed by atoms with Crippen LogP contribution < -0.4 is 9.62 Å². The number of carbonyl (C=O) groups excluding carboxylic acids is 2. The molecule has 0 saturated carbocycles. The van der Waals surface area contributed by atoms with Crippen molar-refractivity contribution in [3.8, 4) is 0 Å². The van der Waals surface area contributed by atoms with Crippen LogP contribution in [0.3, 0.4) is 0 Å². The number of nitrogens with one attached hydrogen (secondary N) is 1. The summed E-state index contributed by atoms with van der Waals surface area (Å²) in [7, 11) is -1.77. The molecule has 0 radical (unpaired) electrons. The molecular formula is C20H14ClF3N4O3S. The zero-order valence-electron chi connectivity index (χ0n) is 16.3. The first-order valence-corrected chi connectivity index (χ1v) is 11.0. The quantitative estimate of drug-likeness (QED) is 0.450. The van der Waals surface area contributed by atoms with E-state index in [0.29, 0.717) is 0 Å². The lowest BCUT2D eigenvalue weighted by molar-refractivity contribution is -0.137. The molecule has 12 heteroatoms. The number of fused-ring (bicyclic) bond motifs is 1. The molecule has 7 nitrogen and oxygen atoms in total. The average Bonchev–Trinajstić information content (AvgIpc) is 3.24. The highest BCUT2D eigenvalue weighted by atomic mass is 35.5. The number of halogens is 4. The van der Waals surface area contributed by atoms with Gasteiger partial charge in [-0.25, -0.2) is 9.11 Å². The number of amides is 2. The predicted octanol–water partition coefficient (Wildman–Crippen LogP) is 4.00. The molecule has 1 unspecified atom stereocenters. The first-order valence-electron chi connectivity index (χ1n) is 8.92. The number of aromatic nitrogens is 2. The molecular weight excluding hydrogens is 469 g/mol. The minimum atomic E-state index is -4.55. The molecule has 166 valence electrons. The smallest absolute Gasteiger partial charge is 0.308 e. The van der Waals surface area contributed by atoms with Crippen LogP contribution in [0.2, 0.25) is 5.02 Å². The number of hydrogen-bond acceptors (Lipinski definition) is 4. The Balaban J connectivity index is 1.73. The van der Waals surface area contributed by atoms with Gasteiger partial charge in [0.1, 0.15) is 0 Å². The van der Waals surface area contributed by atoms with Crippen LogP contribution >= 0.6 is 11.6 Å². The van der Waals surface area contributed by atoms with E-state index in [1.165, 1.54) is 29.2 Å². The van der Waals surface area contributed by atoms with Crippen LogP contribution in [0, 0.1) is 0 Å². The van der Waals surface area contributed by atoms with Crippen LogP contribution in [-0.2, 0) is 22.9 Å². The van der Waals surface area contributed by atoms with E-state index in [4.69, 9.17) is 11.6 Å². The van der Waals surface area contributed by atoms with Crippen molar-refractivity contribution in [2.24, 2.45) is 7.05 Å². The van der Waals surface area contributed by atoms with E-state index in [9.17, 15) is 27.0 Å². The van der Waals surface area contributed by atoms with Crippen LogP contribution in [-0.4, -0.2) is 31.7 Å². The van der Waals surface area contributed by atoms with Gasteiger partial charge < -0.3 is 4.72 Å². The van der Waals surface area contributed by atoms with Gasteiger partial charge in [0.15, 0.2) is 0 Å². The monoisotopic (exact) mass is 482 g/mol. The molecule has 1 aliphatic rings. The maximum Gasteiger partial charge on any atom is 0.416 e. The summed E-state index contributed by atoms with van der Waals surface area (Å²) < 4.78 is 55.6. The number of carbonyl (C=O) groups is 2. The van der Waals surface area contributed by atoms with E-state index in [1.54, 1.807) is 7.05 Å². The number of rotatable bonds is 4. The molecule has 2 amide bonds. The Kier molecular flexibility index (Phi) is 5.05. The molecule has 2 heterocycles. The van der Waals surface area contributed by atoms with Crippen LogP contribution in [0.25, 0.3) is 0 Å². The van der Waals surface area contributed by atoms with Crippen LogP contribution in [0.5, 0.6) is 0 Å². The number of nitrogens with zero attached hydrogens (tertiary/aromatic N) is 3. The normalized spacial score (nSPS) is 15.6. The van der Waals surface area contributed by atoms with E-state index < -0.39 is 33.3 Å². The van der Waals surface area contributed by atoms with Crippen molar-refractivity contribution in [2.75, 3.05) is 9.62 Å². The molecule has 0 fully saturated rings. The third kappa shape index (κ3) is 3.63. The van der Waals surface area contributed by atoms with Gasteiger partial charge in [-0.1, -0.05) is 11.6 Å². The van der Waals surface area contributed by atoms with Gasteiger partial charge >= 0.3 is 6.18 Å². The summed E-state index contributed by atoms with van der Waals surface area (Å²) >= 11 is 6.17. The van der Waals surface area contributed by atoms with Gasteiger partial charge in [0.05, 0.1) is 49.0 Å².